The van der Waals surface area contributed by atoms with Crippen molar-refractivity contribution in [1.29, 1.82) is 0 Å². The number of aromatic nitrogens is 1. The van der Waals surface area contributed by atoms with Crippen molar-refractivity contribution in [2.45, 2.75) is 13.3 Å². The number of aromatic carboxylic acids is 1. The molecule has 0 aliphatic heterocycles. The lowest BCUT2D eigenvalue weighted by atomic mass is 9.98. The van der Waals surface area contributed by atoms with Crippen LogP contribution in [0.2, 0.25) is 0 Å². The lowest BCUT2D eigenvalue weighted by Crippen LogP contribution is -2.04. The average Bonchev–Trinajstić information content (AvgIpc) is 2.87. The molecule has 18 heavy (non-hydrogen) atoms. The molecule has 2 N–H and O–H groups in total. The van der Waals surface area contributed by atoms with E-state index >= 15 is 0 Å². The number of aromatic amines is 1. The fourth-order valence-corrected chi connectivity index (χ4v) is 1.85. The highest BCUT2D eigenvalue weighted by Gasteiger charge is 2.15. The van der Waals surface area contributed by atoms with E-state index in [9.17, 15) is 9.59 Å². The maximum atomic E-state index is 12.2. The number of hydrogen-bond acceptors (Lipinski definition) is 2. The van der Waals surface area contributed by atoms with Gasteiger partial charge in [-0.15, -0.1) is 0 Å². The Morgan fingerprint density at radius 3 is 2.61 bits per heavy atom. The summed E-state index contributed by atoms with van der Waals surface area (Å²) in [5.74, 6) is -1.23. The third kappa shape index (κ3) is 2.18. The van der Waals surface area contributed by atoms with E-state index in [2.05, 4.69) is 4.98 Å². The number of hydrogen-bond donors (Lipinski definition) is 2. The molecule has 2 rings (SSSR count). The second-order valence-corrected chi connectivity index (χ2v) is 3.95. The molecule has 2 aromatic rings. The molecule has 92 valence electrons. The highest BCUT2D eigenvalue weighted by molar-refractivity contribution is 6.10. The number of benzene rings is 1. The van der Waals surface area contributed by atoms with Crippen LogP contribution in [0.1, 0.15) is 38.9 Å². The molecule has 0 radical (unpaired) electrons. The van der Waals surface area contributed by atoms with E-state index < -0.39 is 5.97 Å². The van der Waals surface area contributed by atoms with Gasteiger partial charge in [-0.25, -0.2) is 4.79 Å². The van der Waals surface area contributed by atoms with Crippen molar-refractivity contribution >= 4 is 11.8 Å². The van der Waals surface area contributed by atoms with Crippen LogP contribution in [-0.4, -0.2) is 21.8 Å². The molecule has 4 heteroatoms. The van der Waals surface area contributed by atoms with Gasteiger partial charge in [0.1, 0.15) is 5.69 Å². The molecule has 0 aliphatic rings. The Hall–Kier alpha value is -2.36. The molecule has 0 saturated carbocycles. The third-order valence-electron chi connectivity index (χ3n) is 2.82. The molecule has 0 fully saturated rings. The minimum absolute atomic E-state index is 0.0207. The van der Waals surface area contributed by atoms with Crippen molar-refractivity contribution in [3.63, 3.8) is 0 Å². The zero-order valence-corrected chi connectivity index (χ0v) is 9.93. The first kappa shape index (κ1) is 12.1. The van der Waals surface area contributed by atoms with E-state index in [0.717, 1.165) is 12.0 Å². The summed E-state index contributed by atoms with van der Waals surface area (Å²) in [5, 5.41) is 8.81. The lowest BCUT2D eigenvalue weighted by Gasteiger charge is -2.04. The molecule has 0 unspecified atom stereocenters. The van der Waals surface area contributed by atoms with Gasteiger partial charge in [-0.05, 0) is 18.1 Å². The Bertz CT molecular complexity index is 599. The average molecular weight is 243 g/mol. The zero-order valence-electron chi connectivity index (χ0n) is 9.93. The number of ketones is 1. The van der Waals surface area contributed by atoms with E-state index in [-0.39, 0.29) is 11.5 Å². The van der Waals surface area contributed by atoms with Crippen LogP contribution in [0.4, 0.5) is 0 Å². The molecule has 0 aliphatic carbocycles. The molecule has 1 aromatic heterocycles. The first-order valence-electron chi connectivity index (χ1n) is 5.67. The maximum Gasteiger partial charge on any atom is 0.352 e. The van der Waals surface area contributed by atoms with Gasteiger partial charge in [0, 0.05) is 17.3 Å². The first-order chi connectivity index (χ1) is 8.63. The fraction of sp³-hybridized carbons (Fsp3) is 0.143. The van der Waals surface area contributed by atoms with Crippen molar-refractivity contribution in [1.82, 2.24) is 4.98 Å². The number of aryl methyl sites for hydroxylation is 1. The van der Waals surface area contributed by atoms with Crippen LogP contribution in [-0.2, 0) is 6.42 Å². The van der Waals surface area contributed by atoms with Gasteiger partial charge in [0.25, 0.3) is 0 Å². The number of H-pyrrole nitrogens is 1. The maximum absolute atomic E-state index is 12.2. The summed E-state index contributed by atoms with van der Waals surface area (Å²) in [6.45, 7) is 1.98. The van der Waals surface area contributed by atoms with E-state index in [0.29, 0.717) is 11.1 Å². The largest absolute Gasteiger partial charge is 0.477 e. The number of carboxylic acid groups (broad SMARTS) is 1. The summed E-state index contributed by atoms with van der Waals surface area (Å²) < 4.78 is 0. The lowest BCUT2D eigenvalue weighted by molar-refractivity contribution is 0.0691. The Balaban J connectivity index is 2.38. The highest BCUT2D eigenvalue weighted by atomic mass is 16.4. The minimum atomic E-state index is -1.07. The van der Waals surface area contributed by atoms with Crippen LogP contribution in [0.3, 0.4) is 0 Å². The summed E-state index contributed by atoms with van der Waals surface area (Å²) in [5.41, 5.74) is 1.97. The van der Waals surface area contributed by atoms with E-state index in [1.165, 1.54) is 12.3 Å². The third-order valence-corrected chi connectivity index (χ3v) is 2.82. The number of nitrogens with one attached hydrogen (secondary N) is 1. The van der Waals surface area contributed by atoms with Crippen molar-refractivity contribution in [3.05, 3.63) is 58.9 Å². The Labute approximate surface area is 104 Å². The SMILES string of the molecule is CCc1ccccc1C(=O)c1c[nH]c(C(=O)O)c1. The fourth-order valence-electron chi connectivity index (χ4n) is 1.85. The van der Waals surface area contributed by atoms with Crippen LogP contribution in [0.15, 0.2) is 36.5 Å². The Morgan fingerprint density at radius 2 is 2.00 bits per heavy atom. The number of carbonyl (C=O) groups is 2. The van der Waals surface area contributed by atoms with Crippen molar-refractivity contribution in [3.8, 4) is 0 Å². The van der Waals surface area contributed by atoms with Gasteiger partial charge >= 0.3 is 5.97 Å². The molecule has 0 amide bonds. The molecule has 4 nitrogen and oxygen atoms in total. The monoisotopic (exact) mass is 243 g/mol. The van der Waals surface area contributed by atoms with Gasteiger partial charge < -0.3 is 10.1 Å². The smallest absolute Gasteiger partial charge is 0.352 e. The molecule has 0 bridgehead atoms. The second-order valence-electron chi connectivity index (χ2n) is 3.95. The van der Waals surface area contributed by atoms with Crippen molar-refractivity contribution in [2.75, 3.05) is 0 Å². The summed E-state index contributed by atoms with van der Waals surface area (Å²) in [4.78, 5) is 25.6. The van der Waals surface area contributed by atoms with Gasteiger partial charge in [-0.2, -0.15) is 0 Å². The van der Waals surface area contributed by atoms with Gasteiger partial charge in [0.15, 0.2) is 5.78 Å². The van der Waals surface area contributed by atoms with E-state index in [4.69, 9.17) is 5.11 Å². The normalized spacial score (nSPS) is 10.3. The standard InChI is InChI=1S/C14H13NO3/c1-2-9-5-3-4-6-11(9)13(16)10-7-12(14(17)18)15-8-10/h3-8,15H,2H2,1H3,(H,17,18). The van der Waals surface area contributed by atoms with Crippen LogP contribution in [0, 0.1) is 0 Å². The summed E-state index contributed by atoms with van der Waals surface area (Å²) in [7, 11) is 0. The van der Waals surface area contributed by atoms with E-state index in [1.807, 2.05) is 19.1 Å². The predicted molar refractivity (Wildman–Crippen MR) is 67.0 cm³/mol. The number of rotatable bonds is 4. The molecule has 0 saturated heterocycles. The Morgan fingerprint density at radius 1 is 1.28 bits per heavy atom. The predicted octanol–water partition coefficient (Wildman–Crippen LogP) is 2.51. The first-order valence-corrected chi connectivity index (χ1v) is 5.67. The summed E-state index contributed by atoms with van der Waals surface area (Å²) in [6, 6.07) is 8.70. The van der Waals surface area contributed by atoms with E-state index in [1.54, 1.807) is 12.1 Å². The Kier molecular flexibility index (Phi) is 3.28. The molecule has 1 heterocycles. The van der Waals surface area contributed by atoms with Gasteiger partial charge in [0.05, 0.1) is 0 Å². The van der Waals surface area contributed by atoms with Crippen LogP contribution in [0.25, 0.3) is 0 Å². The van der Waals surface area contributed by atoms with Crippen LogP contribution >= 0.6 is 0 Å². The molecule has 1 aromatic carbocycles. The highest BCUT2D eigenvalue weighted by Crippen LogP contribution is 2.16. The molecule has 0 spiro atoms. The zero-order chi connectivity index (χ0) is 13.1. The number of carboxylic acids is 1. The van der Waals surface area contributed by atoms with Crippen LogP contribution in [0.5, 0.6) is 0 Å². The molecular weight excluding hydrogens is 230 g/mol. The van der Waals surface area contributed by atoms with Gasteiger partial charge in [0.2, 0.25) is 0 Å². The minimum Gasteiger partial charge on any atom is -0.477 e. The quantitative estimate of drug-likeness (QED) is 0.810. The second kappa shape index (κ2) is 4.87. The van der Waals surface area contributed by atoms with Crippen LogP contribution < -0.4 is 0 Å². The molecular formula is C14H13NO3. The number of carbonyl (C=O) groups excluding carboxylic acids is 1. The van der Waals surface area contributed by atoms with Gasteiger partial charge in [-0.3, -0.25) is 4.79 Å². The van der Waals surface area contributed by atoms with Crippen molar-refractivity contribution in [2.24, 2.45) is 0 Å². The summed E-state index contributed by atoms with van der Waals surface area (Å²) in [6.07, 6.45) is 2.19. The molecule has 0 atom stereocenters. The summed E-state index contributed by atoms with van der Waals surface area (Å²) >= 11 is 0. The van der Waals surface area contributed by atoms with Crippen molar-refractivity contribution < 1.29 is 14.7 Å². The van der Waals surface area contributed by atoms with Gasteiger partial charge in [-0.1, -0.05) is 31.2 Å². The topological polar surface area (TPSA) is 70.2 Å².